The summed E-state index contributed by atoms with van der Waals surface area (Å²) < 4.78 is 5.04. The molecule has 0 saturated carbocycles. The van der Waals surface area contributed by atoms with Crippen molar-refractivity contribution in [2.45, 2.75) is 47.0 Å². The minimum atomic E-state index is -0.142. The highest BCUT2D eigenvalue weighted by Crippen LogP contribution is 2.34. The number of hydrogen-bond acceptors (Lipinski definition) is 2. The summed E-state index contributed by atoms with van der Waals surface area (Å²) in [4.78, 5) is 13.5. The Morgan fingerprint density at radius 3 is 2.56 bits per heavy atom. The van der Waals surface area contributed by atoms with Crippen molar-refractivity contribution in [3.63, 3.8) is 0 Å². The van der Waals surface area contributed by atoms with Gasteiger partial charge in [0.1, 0.15) is 0 Å². The molecule has 3 heteroatoms. The van der Waals surface area contributed by atoms with E-state index in [0.29, 0.717) is 17.9 Å². The quantitative estimate of drug-likeness (QED) is 0.688. The molecule has 1 fully saturated rings. The van der Waals surface area contributed by atoms with Crippen LogP contribution in [0, 0.1) is 11.3 Å². The highest BCUT2D eigenvalue weighted by atomic mass is 16.6. The number of hydrogen-bond donors (Lipinski definition) is 0. The maximum absolute atomic E-state index is 11.6. The Kier molecular flexibility index (Phi) is 4.63. The van der Waals surface area contributed by atoms with Gasteiger partial charge in [-0.1, -0.05) is 20.8 Å². The van der Waals surface area contributed by atoms with Crippen molar-refractivity contribution in [3.05, 3.63) is 0 Å². The van der Waals surface area contributed by atoms with Crippen LogP contribution in [-0.4, -0.2) is 30.7 Å². The van der Waals surface area contributed by atoms with Crippen LogP contribution in [0.2, 0.25) is 0 Å². The standard InChI is InChI=1S/C13H25NO2/c1-5-16-12(15)14-9-6-7-11(8-10-14)13(2,3)4/h11H,5-10H2,1-4H3. The van der Waals surface area contributed by atoms with E-state index in [2.05, 4.69) is 20.8 Å². The lowest BCUT2D eigenvalue weighted by molar-refractivity contribution is 0.107. The van der Waals surface area contributed by atoms with Gasteiger partial charge in [0.15, 0.2) is 0 Å². The molecule has 1 atom stereocenters. The minimum Gasteiger partial charge on any atom is -0.450 e. The second-order valence-corrected chi connectivity index (χ2v) is 5.68. The molecule has 1 rings (SSSR count). The molecule has 1 aliphatic heterocycles. The van der Waals surface area contributed by atoms with Crippen molar-refractivity contribution in [2.75, 3.05) is 19.7 Å². The SMILES string of the molecule is CCOC(=O)N1CCCC(C(C)(C)C)CC1. The topological polar surface area (TPSA) is 29.5 Å². The van der Waals surface area contributed by atoms with Crippen molar-refractivity contribution in [2.24, 2.45) is 11.3 Å². The van der Waals surface area contributed by atoms with Crippen molar-refractivity contribution >= 4 is 6.09 Å². The van der Waals surface area contributed by atoms with Gasteiger partial charge in [-0.3, -0.25) is 0 Å². The lowest BCUT2D eigenvalue weighted by atomic mass is 9.77. The highest BCUT2D eigenvalue weighted by Gasteiger charge is 2.28. The molecule has 0 aromatic rings. The molecular weight excluding hydrogens is 202 g/mol. The molecule has 1 saturated heterocycles. The van der Waals surface area contributed by atoms with Crippen LogP contribution in [0.3, 0.4) is 0 Å². The molecule has 94 valence electrons. The molecule has 0 aromatic heterocycles. The van der Waals surface area contributed by atoms with Gasteiger partial charge in [0.25, 0.3) is 0 Å². The summed E-state index contributed by atoms with van der Waals surface area (Å²) in [6.07, 6.45) is 3.28. The summed E-state index contributed by atoms with van der Waals surface area (Å²) in [6.45, 7) is 10.9. The van der Waals surface area contributed by atoms with Gasteiger partial charge in [-0.2, -0.15) is 0 Å². The van der Waals surface area contributed by atoms with Gasteiger partial charge < -0.3 is 9.64 Å². The second kappa shape index (κ2) is 5.55. The fraction of sp³-hybridized carbons (Fsp3) is 0.923. The van der Waals surface area contributed by atoms with Crippen LogP contribution in [0.25, 0.3) is 0 Å². The largest absolute Gasteiger partial charge is 0.450 e. The van der Waals surface area contributed by atoms with Crippen LogP contribution >= 0.6 is 0 Å². The van der Waals surface area contributed by atoms with E-state index in [1.807, 2.05) is 11.8 Å². The van der Waals surface area contributed by atoms with Crippen molar-refractivity contribution < 1.29 is 9.53 Å². The first kappa shape index (κ1) is 13.3. The van der Waals surface area contributed by atoms with Crippen LogP contribution in [0.4, 0.5) is 4.79 Å². The predicted molar refractivity (Wildman–Crippen MR) is 65.4 cm³/mol. The van der Waals surface area contributed by atoms with Gasteiger partial charge in [0, 0.05) is 13.1 Å². The van der Waals surface area contributed by atoms with Crippen LogP contribution in [0.1, 0.15) is 47.0 Å². The lowest BCUT2D eigenvalue weighted by Crippen LogP contribution is -2.33. The molecule has 0 N–H and O–H groups in total. The lowest BCUT2D eigenvalue weighted by Gasteiger charge is -2.29. The van der Waals surface area contributed by atoms with Crippen molar-refractivity contribution in [3.8, 4) is 0 Å². The summed E-state index contributed by atoms with van der Waals surface area (Å²) in [7, 11) is 0. The Morgan fingerprint density at radius 1 is 1.31 bits per heavy atom. The molecule has 3 nitrogen and oxygen atoms in total. The summed E-state index contributed by atoms with van der Waals surface area (Å²) in [5.41, 5.74) is 0.352. The zero-order valence-corrected chi connectivity index (χ0v) is 11.1. The first-order valence-electron chi connectivity index (χ1n) is 6.37. The number of rotatable bonds is 1. The Labute approximate surface area is 99.1 Å². The first-order valence-corrected chi connectivity index (χ1v) is 6.37. The molecule has 0 aliphatic carbocycles. The van der Waals surface area contributed by atoms with E-state index in [4.69, 9.17) is 4.74 Å². The van der Waals surface area contributed by atoms with Gasteiger partial charge >= 0.3 is 6.09 Å². The van der Waals surface area contributed by atoms with E-state index < -0.39 is 0 Å². The first-order chi connectivity index (χ1) is 7.45. The van der Waals surface area contributed by atoms with Gasteiger partial charge in [0.2, 0.25) is 0 Å². The van der Waals surface area contributed by atoms with Crippen molar-refractivity contribution in [1.82, 2.24) is 4.90 Å². The van der Waals surface area contributed by atoms with E-state index in [1.165, 1.54) is 6.42 Å². The van der Waals surface area contributed by atoms with Gasteiger partial charge in [-0.15, -0.1) is 0 Å². The fourth-order valence-electron chi connectivity index (χ4n) is 2.36. The molecular formula is C13H25NO2. The average Bonchev–Trinajstić information content (AvgIpc) is 2.41. The van der Waals surface area contributed by atoms with Crippen LogP contribution in [-0.2, 0) is 4.74 Å². The maximum Gasteiger partial charge on any atom is 0.409 e. The van der Waals surface area contributed by atoms with E-state index >= 15 is 0 Å². The Hall–Kier alpha value is -0.730. The van der Waals surface area contributed by atoms with Gasteiger partial charge in [0.05, 0.1) is 6.61 Å². The monoisotopic (exact) mass is 227 g/mol. The van der Waals surface area contributed by atoms with Gasteiger partial charge in [-0.05, 0) is 37.5 Å². The minimum absolute atomic E-state index is 0.142. The number of carbonyl (C=O) groups excluding carboxylic acids is 1. The Bertz CT molecular complexity index is 233. The summed E-state index contributed by atoms with van der Waals surface area (Å²) in [5.74, 6) is 0.715. The maximum atomic E-state index is 11.6. The molecule has 0 radical (unpaired) electrons. The van der Waals surface area contributed by atoms with E-state index in [9.17, 15) is 4.79 Å². The van der Waals surface area contributed by atoms with Crippen molar-refractivity contribution in [1.29, 1.82) is 0 Å². The number of carbonyl (C=O) groups is 1. The number of likely N-dealkylation sites (tertiary alicyclic amines) is 1. The van der Waals surface area contributed by atoms with E-state index in [-0.39, 0.29) is 6.09 Å². The predicted octanol–water partition coefficient (Wildman–Crippen LogP) is 3.29. The Balaban J connectivity index is 2.49. The molecule has 1 amide bonds. The fourth-order valence-corrected chi connectivity index (χ4v) is 2.36. The number of nitrogens with zero attached hydrogens (tertiary/aromatic N) is 1. The number of ether oxygens (including phenoxy) is 1. The summed E-state index contributed by atoms with van der Waals surface area (Å²) >= 11 is 0. The Morgan fingerprint density at radius 2 is 2.00 bits per heavy atom. The molecule has 1 unspecified atom stereocenters. The highest BCUT2D eigenvalue weighted by molar-refractivity contribution is 5.67. The third-order valence-electron chi connectivity index (χ3n) is 3.48. The van der Waals surface area contributed by atoms with Crippen LogP contribution < -0.4 is 0 Å². The molecule has 1 aliphatic rings. The third-order valence-corrected chi connectivity index (χ3v) is 3.48. The third kappa shape index (κ3) is 3.69. The molecule has 1 heterocycles. The second-order valence-electron chi connectivity index (χ2n) is 5.68. The summed E-state index contributed by atoms with van der Waals surface area (Å²) in [6, 6.07) is 0. The van der Waals surface area contributed by atoms with E-state index in [0.717, 1.165) is 25.9 Å². The molecule has 0 aromatic carbocycles. The van der Waals surface area contributed by atoms with Crippen LogP contribution in [0.15, 0.2) is 0 Å². The zero-order chi connectivity index (χ0) is 12.2. The molecule has 0 spiro atoms. The molecule has 16 heavy (non-hydrogen) atoms. The zero-order valence-electron chi connectivity index (χ0n) is 11.1. The smallest absolute Gasteiger partial charge is 0.409 e. The normalized spacial score (nSPS) is 22.8. The van der Waals surface area contributed by atoms with Gasteiger partial charge in [-0.25, -0.2) is 4.79 Å². The number of amides is 1. The summed E-state index contributed by atoms with van der Waals surface area (Å²) in [5, 5.41) is 0. The average molecular weight is 227 g/mol. The van der Waals surface area contributed by atoms with Crippen LogP contribution in [0.5, 0.6) is 0 Å². The van der Waals surface area contributed by atoms with E-state index in [1.54, 1.807) is 0 Å². The molecule has 0 bridgehead atoms.